The Labute approximate surface area is 152 Å². The molecule has 0 unspecified atom stereocenters. The van der Waals surface area contributed by atoms with Crippen LogP contribution in [0.1, 0.15) is 11.1 Å². The molecule has 1 amide bonds. The highest BCUT2D eigenvalue weighted by molar-refractivity contribution is 7.07. The molecule has 134 valence electrons. The van der Waals surface area contributed by atoms with Crippen molar-refractivity contribution in [1.29, 1.82) is 0 Å². The second-order valence-corrected chi connectivity index (χ2v) is 6.11. The first-order chi connectivity index (χ1) is 12.2. The van der Waals surface area contributed by atoms with Crippen LogP contribution in [0.15, 0.2) is 41.1 Å². The number of methoxy groups -OCH3 is 3. The van der Waals surface area contributed by atoms with Gasteiger partial charge in [0.05, 0.1) is 20.8 Å². The number of amides is 1. The third kappa shape index (κ3) is 5.62. The van der Waals surface area contributed by atoms with Gasteiger partial charge in [-0.2, -0.15) is 11.3 Å². The first kappa shape index (κ1) is 19.0. The number of ether oxygens (including phenoxy) is 3. The Morgan fingerprint density at radius 1 is 1.16 bits per heavy atom. The molecular formula is C19H23NO4S. The Morgan fingerprint density at radius 2 is 1.96 bits per heavy atom. The molecule has 1 heterocycles. The zero-order chi connectivity index (χ0) is 18.1. The van der Waals surface area contributed by atoms with Crippen LogP contribution in [0.3, 0.4) is 0 Å². The topological polar surface area (TPSA) is 48.0 Å². The van der Waals surface area contributed by atoms with E-state index in [0.29, 0.717) is 31.2 Å². The minimum absolute atomic E-state index is 0.0574. The minimum Gasteiger partial charge on any atom is -0.493 e. The maximum absolute atomic E-state index is 12.6. The lowest BCUT2D eigenvalue weighted by molar-refractivity contribution is -0.127. The molecule has 0 N–H and O–H groups in total. The Kier molecular flexibility index (Phi) is 7.50. The first-order valence-electron chi connectivity index (χ1n) is 7.87. The van der Waals surface area contributed by atoms with Gasteiger partial charge in [-0.25, -0.2) is 0 Å². The van der Waals surface area contributed by atoms with Crippen molar-refractivity contribution in [2.24, 2.45) is 0 Å². The lowest BCUT2D eigenvalue weighted by Crippen LogP contribution is -2.31. The third-order valence-electron chi connectivity index (χ3n) is 3.66. The summed E-state index contributed by atoms with van der Waals surface area (Å²) in [4.78, 5) is 14.3. The smallest absolute Gasteiger partial charge is 0.246 e. The zero-order valence-corrected chi connectivity index (χ0v) is 15.5. The van der Waals surface area contributed by atoms with Crippen LogP contribution in [0.2, 0.25) is 0 Å². The average molecular weight is 361 g/mol. The maximum atomic E-state index is 12.6. The molecule has 5 nitrogen and oxygen atoms in total. The fraction of sp³-hybridized carbons (Fsp3) is 0.316. The molecule has 0 bridgehead atoms. The molecule has 1 aromatic heterocycles. The van der Waals surface area contributed by atoms with E-state index in [2.05, 4.69) is 0 Å². The molecule has 0 aliphatic heterocycles. The predicted octanol–water partition coefficient (Wildman–Crippen LogP) is 3.45. The van der Waals surface area contributed by atoms with Gasteiger partial charge in [0.2, 0.25) is 5.91 Å². The summed E-state index contributed by atoms with van der Waals surface area (Å²) in [6.45, 7) is 1.61. The summed E-state index contributed by atoms with van der Waals surface area (Å²) >= 11 is 1.62. The number of carbonyl (C=O) groups excluding carboxylic acids is 1. The number of benzene rings is 1. The number of hydrogen-bond acceptors (Lipinski definition) is 5. The molecule has 0 saturated heterocycles. The van der Waals surface area contributed by atoms with E-state index in [4.69, 9.17) is 14.2 Å². The zero-order valence-electron chi connectivity index (χ0n) is 14.7. The van der Waals surface area contributed by atoms with Crippen LogP contribution in [-0.2, 0) is 16.1 Å². The second-order valence-electron chi connectivity index (χ2n) is 5.33. The van der Waals surface area contributed by atoms with Crippen molar-refractivity contribution in [2.45, 2.75) is 6.54 Å². The summed E-state index contributed by atoms with van der Waals surface area (Å²) < 4.78 is 15.6. The van der Waals surface area contributed by atoms with Crippen LogP contribution in [0.25, 0.3) is 6.08 Å². The molecule has 0 spiro atoms. The van der Waals surface area contributed by atoms with Gasteiger partial charge in [0, 0.05) is 26.3 Å². The molecule has 0 fully saturated rings. The Balaban J connectivity index is 2.09. The lowest BCUT2D eigenvalue weighted by Gasteiger charge is -2.20. The van der Waals surface area contributed by atoms with Crippen LogP contribution in [-0.4, -0.2) is 45.3 Å². The fourth-order valence-corrected chi connectivity index (χ4v) is 2.96. The first-order valence-corrected chi connectivity index (χ1v) is 8.81. The molecule has 0 atom stereocenters. The second kappa shape index (κ2) is 9.86. The van der Waals surface area contributed by atoms with E-state index in [1.807, 2.05) is 35.0 Å². The van der Waals surface area contributed by atoms with Gasteiger partial charge in [-0.1, -0.05) is 6.07 Å². The number of rotatable bonds is 9. The van der Waals surface area contributed by atoms with Crippen molar-refractivity contribution in [3.63, 3.8) is 0 Å². The SMILES string of the molecule is COCCN(Cc1ccsc1)C(=O)/C=C/c1ccc(OC)c(OC)c1. The molecule has 2 aromatic rings. The van der Waals surface area contributed by atoms with Gasteiger partial charge in [0.25, 0.3) is 0 Å². The van der Waals surface area contributed by atoms with E-state index in [1.165, 1.54) is 0 Å². The quantitative estimate of drug-likeness (QED) is 0.642. The van der Waals surface area contributed by atoms with Crippen LogP contribution >= 0.6 is 11.3 Å². The van der Waals surface area contributed by atoms with Gasteiger partial charge in [-0.05, 0) is 46.2 Å². The summed E-state index contributed by atoms with van der Waals surface area (Å²) in [6, 6.07) is 7.55. The van der Waals surface area contributed by atoms with E-state index >= 15 is 0 Å². The normalized spacial score (nSPS) is 10.8. The molecular weight excluding hydrogens is 338 g/mol. The van der Waals surface area contributed by atoms with Crippen LogP contribution in [0.5, 0.6) is 11.5 Å². The molecule has 1 aromatic carbocycles. The van der Waals surface area contributed by atoms with E-state index in [-0.39, 0.29) is 5.91 Å². The largest absolute Gasteiger partial charge is 0.493 e. The number of thiophene rings is 1. The summed E-state index contributed by atoms with van der Waals surface area (Å²) in [5, 5.41) is 4.05. The van der Waals surface area contributed by atoms with E-state index < -0.39 is 0 Å². The van der Waals surface area contributed by atoms with Crippen molar-refractivity contribution < 1.29 is 19.0 Å². The number of nitrogens with zero attached hydrogens (tertiary/aromatic N) is 1. The molecule has 0 aliphatic carbocycles. The highest BCUT2D eigenvalue weighted by Gasteiger charge is 2.11. The Morgan fingerprint density at radius 3 is 2.60 bits per heavy atom. The Bertz CT molecular complexity index is 697. The van der Waals surface area contributed by atoms with E-state index in [0.717, 1.165) is 11.1 Å². The summed E-state index contributed by atoms with van der Waals surface area (Å²) in [6.07, 6.45) is 3.35. The average Bonchev–Trinajstić information content (AvgIpc) is 3.15. The lowest BCUT2D eigenvalue weighted by atomic mass is 10.2. The van der Waals surface area contributed by atoms with E-state index in [1.54, 1.807) is 49.7 Å². The molecule has 2 rings (SSSR count). The van der Waals surface area contributed by atoms with Crippen LogP contribution < -0.4 is 9.47 Å². The van der Waals surface area contributed by atoms with Crippen LogP contribution in [0.4, 0.5) is 0 Å². The van der Waals surface area contributed by atoms with Crippen molar-refractivity contribution in [3.05, 3.63) is 52.2 Å². The summed E-state index contributed by atoms with van der Waals surface area (Å²) in [5.74, 6) is 1.23. The molecule has 0 radical (unpaired) electrons. The number of carbonyl (C=O) groups is 1. The standard InChI is InChI=1S/C19H23NO4S/c1-22-10-9-20(13-16-8-11-25-14-16)19(21)7-5-15-4-6-17(23-2)18(12-15)24-3/h4-8,11-12,14H,9-10,13H2,1-3H3/b7-5+. The van der Waals surface area contributed by atoms with E-state index in [9.17, 15) is 4.79 Å². The van der Waals surface area contributed by atoms with Crippen molar-refractivity contribution in [3.8, 4) is 11.5 Å². The van der Waals surface area contributed by atoms with Gasteiger partial charge in [0.15, 0.2) is 11.5 Å². The van der Waals surface area contributed by atoms with Gasteiger partial charge in [-0.15, -0.1) is 0 Å². The highest BCUT2D eigenvalue weighted by atomic mass is 32.1. The van der Waals surface area contributed by atoms with Crippen molar-refractivity contribution in [2.75, 3.05) is 34.5 Å². The number of hydrogen-bond donors (Lipinski definition) is 0. The van der Waals surface area contributed by atoms with Crippen LogP contribution in [0, 0.1) is 0 Å². The minimum atomic E-state index is -0.0574. The maximum Gasteiger partial charge on any atom is 0.246 e. The van der Waals surface area contributed by atoms with Crippen molar-refractivity contribution in [1.82, 2.24) is 4.90 Å². The molecule has 25 heavy (non-hydrogen) atoms. The summed E-state index contributed by atoms with van der Waals surface area (Å²) in [7, 11) is 4.81. The summed E-state index contributed by atoms with van der Waals surface area (Å²) in [5.41, 5.74) is 1.99. The third-order valence-corrected chi connectivity index (χ3v) is 4.39. The van der Waals surface area contributed by atoms with Gasteiger partial charge < -0.3 is 19.1 Å². The van der Waals surface area contributed by atoms with Crippen molar-refractivity contribution >= 4 is 23.3 Å². The molecule has 6 heteroatoms. The monoisotopic (exact) mass is 361 g/mol. The Hall–Kier alpha value is -2.31. The molecule has 0 saturated carbocycles. The van der Waals surface area contributed by atoms with Gasteiger partial charge in [0.1, 0.15) is 0 Å². The predicted molar refractivity (Wildman–Crippen MR) is 100 cm³/mol. The van der Waals surface area contributed by atoms with Gasteiger partial charge >= 0.3 is 0 Å². The highest BCUT2D eigenvalue weighted by Crippen LogP contribution is 2.28. The molecule has 0 aliphatic rings. The fourth-order valence-electron chi connectivity index (χ4n) is 2.30. The van der Waals surface area contributed by atoms with Gasteiger partial charge in [-0.3, -0.25) is 4.79 Å².